The van der Waals surface area contributed by atoms with Crippen molar-refractivity contribution in [2.75, 3.05) is 10.6 Å². The van der Waals surface area contributed by atoms with E-state index >= 15 is 0 Å². The fourth-order valence-corrected chi connectivity index (χ4v) is 3.25. The normalized spacial score (nSPS) is 10.4. The first-order valence-corrected chi connectivity index (χ1v) is 9.91. The SMILES string of the molecule is Cc1nc(-c2ccccc2)ccc1C(=O)Nc1ccccc1NC(=O)c1ccccc1. The number of anilines is 2. The zero-order chi connectivity index (χ0) is 21.6. The molecule has 0 saturated heterocycles. The van der Waals surface area contributed by atoms with E-state index in [2.05, 4.69) is 15.6 Å². The van der Waals surface area contributed by atoms with E-state index in [1.165, 1.54) is 0 Å². The second-order valence-electron chi connectivity index (χ2n) is 7.02. The van der Waals surface area contributed by atoms with Crippen LogP contribution in [0, 0.1) is 6.92 Å². The van der Waals surface area contributed by atoms with Crippen LogP contribution in [0.3, 0.4) is 0 Å². The van der Waals surface area contributed by atoms with Gasteiger partial charge in [0.1, 0.15) is 0 Å². The quantitative estimate of drug-likeness (QED) is 0.455. The number of nitrogens with zero attached hydrogens (tertiary/aromatic N) is 1. The molecule has 0 fully saturated rings. The number of hydrogen-bond donors (Lipinski definition) is 2. The van der Waals surface area contributed by atoms with E-state index in [0.717, 1.165) is 11.3 Å². The summed E-state index contributed by atoms with van der Waals surface area (Å²) in [5.41, 5.74) is 4.49. The average molecular weight is 407 g/mol. The van der Waals surface area contributed by atoms with E-state index in [4.69, 9.17) is 0 Å². The third-order valence-electron chi connectivity index (χ3n) is 4.86. The first-order valence-electron chi connectivity index (χ1n) is 9.91. The zero-order valence-electron chi connectivity index (χ0n) is 17.0. The summed E-state index contributed by atoms with van der Waals surface area (Å²) in [6.07, 6.45) is 0. The molecule has 0 saturated carbocycles. The molecule has 0 bridgehead atoms. The van der Waals surface area contributed by atoms with Gasteiger partial charge in [0.2, 0.25) is 0 Å². The van der Waals surface area contributed by atoms with Crippen molar-refractivity contribution in [1.29, 1.82) is 0 Å². The molecule has 0 aliphatic rings. The molecular formula is C26H21N3O2. The predicted octanol–water partition coefficient (Wildman–Crippen LogP) is 5.56. The minimum atomic E-state index is -0.286. The van der Waals surface area contributed by atoms with Crippen LogP contribution in [-0.2, 0) is 0 Å². The number of amides is 2. The fraction of sp³-hybridized carbons (Fsp3) is 0.0385. The lowest BCUT2D eigenvalue weighted by atomic mass is 10.1. The van der Waals surface area contributed by atoms with Gasteiger partial charge in [-0.25, -0.2) is 0 Å². The molecule has 2 amide bonds. The van der Waals surface area contributed by atoms with Crippen molar-refractivity contribution in [3.63, 3.8) is 0 Å². The van der Waals surface area contributed by atoms with E-state index in [9.17, 15) is 9.59 Å². The van der Waals surface area contributed by atoms with Gasteiger partial charge in [-0.05, 0) is 43.3 Å². The van der Waals surface area contributed by atoms with Crippen LogP contribution in [0.1, 0.15) is 26.4 Å². The lowest BCUT2D eigenvalue weighted by Gasteiger charge is -2.13. The summed E-state index contributed by atoms with van der Waals surface area (Å²) < 4.78 is 0. The van der Waals surface area contributed by atoms with Crippen molar-refractivity contribution < 1.29 is 9.59 Å². The van der Waals surface area contributed by atoms with E-state index in [0.29, 0.717) is 28.2 Å². The number of rotatable bonds is 5. The fourth-order valence-electron chi connectivity index (χ4n) is 3.25. The first kappa shape index (κ1) is 20.0. The van der Waals surface area contributed by atoms with Crippen molar-refractivity contribution in [3.8, 4) is 11.3 Å². The van der Waals surface area contributed by atoms with Gasteiger partial charge in [0.15, 0.2) is 0 Å². The summed E-state index contributed by atoms with van der Waals surface area (Å²) in [4.78, 5) is 30.0. The molecule has 0 atom stereocenters. The van der Waals surface area contributed by atoms with Crippen molar-refractivity contribution >= 4 is 23.2 Å². The van der Waals surface area contributed by atoms with Crippen LogP contribution in [0.5, 0.6) is 0 Å². The van der Waals surface area contributed by atoms with E-state index in [-0.39, 0.29) is 11.8 Å². The van der Waals surface area contributed by atoms with Gasteiger partial charge in [-0.1, -0.05) is 60.7 Å². The Kier molecular flexibility index (Phi) is 5.85. The number of aryl methyl sites for hydroxylation is 1. The van der Waals surface area contributed by atoms with Crippen LogP contribution in [0.4, 0.5) is 11.4 Å². The first-order chi connectivity index (χ1) is 15.1. The summed E-state index contributed by atoms with van der Waals surface area (Å²) >= 11 is 0. The predicted molar refractivity (Wildman–Crippen MR) is 123 cm³/mol. The Balaban J connectivity index is 1.53. The highest BCUT2D eigenvalue weighted by Gasteiger charge is 2.15. The molecule has 1 aromatic heterocycles. The Morgan fingerprint density at radius 1 is 0.645 bits per heavy atom. The van der Waals surface area contributed by atoms with Gasteiger partial charge in [0.05, 0.1) is 28.3 Å². The molecule has 0 unspecified atom stereocenters. The van der Waals surface area contributed by atoms with E-state index in [1.54, 1.807) is 54.6 Å². The lowest BCUT2D eigenvalue weighted by Crippen LogP contribution is -2.17. The molecule has 1 heterocycles. The molecule has 0 spiro atoms. The third-order valence-corrected chi connectivity index (χ3v) is 4.86. The smallest absolute Gasteiger partial charge is 0.257 e. The summed E-state index contributed by atoms with van der Waals surface area (Å²) in [6.45, 7) is 1.81. The van der Waals surface area contributed by atoms with Crippen LogP contribution in [-0.4, -0.2) is 16.8 Å². The third kappa shape index (κ3) is 4.67. The minimum Gasteiger partial charge on any atom is -0.320 e. The maximum absolute atomic E-state index is 12.9. The zero-order valence-corrected chi connectivity index (χ0v) is 17.0. The number of hydrogen-bond acceptors (Lipinski definition) is 3. The summed E-state index contributed by atoms with van der Waals surface area (Å²) in [7, 11) is 0. The molecule has 0 radical (unpaired) electrons. The van der Waals surface area contributed by atoms with Crippen LogP contribution in [0.2, 0.25) is 0 Å². The van der Waals surface area contributed by atoms with Crippen LogP contribution >= 0.6 is 0 Å². The van der Waals surface area contributed by atoms with Gasteiger partial charge < -0.3 is 10.6 Å². The highest BCUT2D eigenvalue weighted by molar-refractivity contribution is 6.10. The highest BCUT2D eigenvalue weighted by atomic mass is 16.2. The van der Waals surface area contributed by atoms with Gasteiger partial charge in [-0.2, -0.15) is 0 Å². The topological polar surface area (TPSA) is 71.1 Å². The Hall–Kier alpha value is -4.25. The monoisotopic (exact) mass is 407 g/mol. The molecule has 0 aliphatic heterocycles. The molecule has 5 nitrogen and oxygen atoms in total. The maximum atomic E-state index is 12.9. The number of nitrogens with one attached hydrogen (secondary N) is 2. The number of carbonyl (C=O) groups excluding carboxylic acids is 2. The van der Waals surface area contributed by atoms with Gasteiger partial charge in [0.25, 0.3) is 11.8 Å². The molecule has 152 valence electrons. The lowest BCUT2D eigenvalue weighted by molar-refractivity contribution is 0.101. The Labute approximate surface area is 180 Å². The Morgan fingerprint density at radius 3 is 1.81 bits per heavy atom. The molecule has 3 aromatic carbocycles. The van der Waals surface area contributed by atoms with Gasteiger partial charge in [-0.15, -0.1) is 0 Å². The van der Waals surface area contributed by atoms with E-state index < -0.39 is 0 Å². The summed E-state index contributed by atoms with van der Waals surface area (Å²) in [5.74, 6) is -0.529. The number of carbonyl (C=O) groups is 2. The number of pyridine rings is 1. The standard InChI is InChI=1S/C26H21N3O2/c1-18-21(16-17-22(27-18)19-10-4-2-5-11-19)26(31)29-24-15-9-8-14-23(24)28-25(30)20-12-6-3-7-13-20/h2-17H,1H3,(H,28,30)(H,29,31). The molecule has 5 heteroatoms. The van der Waals surface area contributed by atoms with Gasteiger partial charge in [0, 0.05) is 11.1 Å². The van der Waals surface area contributed by atoms with Crippen molar-refractivity contribution in [3.05, 3.63) is 114 Å². The Morgan fingerprint density at radius 2 is 1.19 bits per heavy atom. The number of para-hydroxylation sites is 2. The highest BCUT2D eigenvalue weighted by Crippen LogP contribution is 2.24. The minimum absolute atomic E-state index is 0.243. The second-order valence-corrected chi connectivity index (χ2v) is 7.02. The maximum Gasteiger partial charge on any atom is 0.257 e. The molecule has 4 aromatic rings. The number of aromatic nitrogens is 1. The van der Waals surface area contributed by atoms with Crippen LogP contribution in [0.15, 0.2) is 97.1 Å². The van der Waals surface area contributed by atoms with Crippen molar-refractivity contribution in [2.24, 2.45) is 0 Å². The van der Waals surface area contributed by atoms with E-state index in [1.807, 2.05) is 49.4 Å². The molecule has 31 heavy (non-hydrogen) atoms. The van der Waals surface area contributed by atoms with Gasteiger partial charge >= 0.3 is 0 Å². The average Bonchev–Trinajstić information content (AvgIpc) is 2.81. The summed E-state index contributed by atoms with van der Waals surface area (Å²) in [6, 6.07) is 29.5. The Bertz CT molecular complexity index is 1220. The molecule has 0 aliphatic carbocycles. The molecule has 2 N–H and O–H groups in total. The van der Waals surface area contributed by atoms with Crippen molar-refractivity contribution in [2.45, 2.75) is 6.92 Å². The second kappa shape index (κ2) is 9.05. The van der Waals surface area contributed by atoms with Crippen LogP contribution in [0.25, 0.3) is 11.3 Å². The van der Waals surface area contributed by atoms with Crippen molar-refractivity contribution in [1.82, 2.24) is 4.98 Å². The van der Waals surface area contributed by atoms with Gasteiger partial charge in [-0.3, -0.25) is 14.6 Å². The molecule has 4 rings (SSSR count). The largest absolute Gasteiger partial charge is 0.320 e. The number of benzene rings is 3. The summed E-state index contributed by atoms with van der Waals surface area (Å²) in [5, 5.41) is 5.75. The van der Waals surface area contributed by atoms with Crippen LogP contribution < -0.4 is 10.6 Å². The molecular weight excluding hydrogens is 386 g/mol.